The van der Waals surface area contributed by atoms with Crippen LogP contribution in [0.25, 0.3) is 0 Å². The fourth-order valence-electron chi connectivity index (χ4n) is 3.17. The van der Waals surface area contributed by atoms with Crippen molar-refractivity contribution < 1.29 is 19.0 Å². The van der Waals surface area contributed by atoms with E-state index in [-0.39, 0.29) is 17.2 Å². The molecule has 0 saturated carbocycles. The van der Waals surface area contributed by atoms with Crippen molar-refractivity contribution in [1.82, 2.24) is 0 Å². The highest BCUT2D eigenvalue weighted by molar-refractivity contribution is 6.74. The zero-order valence-corrected chi connectivity index (χ0v) is 19.9. The molecule has 1 aliphatic heterocycles. The first-order valence-electron chi connectivity index (χ1n) is 10.2. The Kier molecular flexibility index (Phi) is 8.33. The van der Waals surface area contributed by atoms with Gasteiger partial charge in [0.15, 0.2) is 14.1 Å². The van der Waals surface area contributed by atoms with Crippen molar-refractivity contribution in [2.75, 3.05) is 0 Å². The number of hydrogen-bond donors (Lipinski definition) is 1. The van der Waals surface area contributed by atoms with Crippen LogP contribution in [-0.2, 0) is 13.9 Å². The highest BCUT2D eigenvalue weighted by Gasteiger charge is 2.49. The molecular weight excluding hydrogens is 368 g/mol. The largest absolute Gasteiger partial charge is 0.411 e. The van der Waals surface area contributed by atoms with Crippen LogP contribution in [0.2, 0.25) is 18.1 Å². The number of ether oxygens (including phenoxy) is 2. The topological polar surface area (TPSA) is 47.9 Å². The highest BCUT2D eigenvalue weighted by Crippen LogP contribution is 2.41. The van der Waals surface area contributed by atoms with Crippen LogP contribution in [0.1, 0.15) is 60.3 Å². The predicted molar refractivity (Wildman–Crippen MR) is 119 cm³/mol. The molecule has 0 spiro atoms. The first kappa shape index (κ1) is 25.1. The van der Waals surface area contributed by atoms with E-state index >= 15 is 0 Å². The van der Waals surface area contributed by atoms with Crippen LogP contribution in [0.4, 0.5) is 0 Å². The molecule has 0 aromatic rings. The highest BCUT2D eigenvalue weighted by atomic mass is 28.4. The Hall–Kier alpha value is -0.903. The second kappa shape index (κ2) is 9.28. The van der Waals surface area contributed by atoms with Crippen molar-refractivity contribution in [2.24, 2.45) is 0 Å². The Bertz CT molecular complexity index is 584. The maximum Gasteiger partial charge on any atom is 0.192 e. The Morgan fingerprint density at radius 3 is 2.36 bits per heavy atom. The van der Waals surface area contributed by atoms with Gasteiger partial charge in [-0.1, -0.05) is 38.8 Å². The average molecular weight is 409 g/mol. The molecule has 1 aliphatic rings. The third-order valence-electron chi connectivity index (χ3n) is 5.82. The smallest absolute Gasteiger partial charge is 0.192 e. The van der Waals surface area contributed by atoms with E-state index in [2.05, 4.69) is 52.9 Å². The van der Waals surface area contributed by atoms with E-state index in [4.69, 9.17) is 20.3 Å². The van der Waals surface area contributed by atoms with Crippen molar-refractivity contribution >= 4 is 8.32 Å². The molecule has 1 N–H and O–H groups in total. The number of rotatable bonds is 10. The van der Waals surface area contributed by atoms with E-state index in [0.29, 0.717) is 12.8 Å². The van der Waals surface area contributed by atoms with Crippen LogP contribution in [0.5, 0.6) is 0 Å². The number of unbranched alkanes of at least 4 members (excludes halogenated alkanes) is 1. The molecule has 0 amide bonds. The van der Waals surface area contributed by atoms with Gasteiger partial charge in [-0.05, 0) is 51.2 Å². The molecule has 0 radical (unpaired) electrons. The molecule has 1 heterocycles. The summed E-state index contributed by atoms with van der Waals surface area (Å²) in [6.45, 7) is 22.4. The minimum Gasteiger partial charge on any atom is -0.411 e. The molecule has 5 heteroatoms. The summed E-state index contributed by atoms with van der Waals surface area (Å²) in [5.41, 5.74) is -1.27. The lowest BCUT2D eigenvalue weighted by molar-refractivity contribution is -0.155. The van der Waals surface area contributed by atoms with Crippen LogP contribution in [-0.4, -0.2) is 43.1 Å². The molecule has 160 valence electrons. The van der Waals surface area contributed by atoms with E-state index in [0.717, 1.165) is 12.8 Å². The molecule has 0 aromatic heterocycles. The number of terminal acetylenes is 1. The molecule has 0 aliphatic carbocycles. The average Bonchev–Trinajstić information content (AvgIpc) is 2.88. The first-order chi connectivity index (χ1) is 12.7. The third kappa shape index (κ3) is 6.57. The standard InChI is InChI=1S/C23H40O4Si/c1-11-14-15-16-23(24,13-3)17-19(27-28(9,10)21(4,5)6)20-18(12-2)25-22(7,8)26-20/h3,11-12,18-20,24H,1-2,14-17H2,4-10H3/t18-,19+,20-,23-/m1/s1. The zero-order chi connectivity index (χ0) is 21.8. The summed E-state index contributed by atoms with van der Waals surface area (Å²) in [7, 11) is -2.14. The predicted octanol–water partition coefficient (Wildman–Crippen LogP) is 5.19. The fourth-order valence-corrected chi connectivity index (χ4v) is 4.50. The van der Waals surface area contributed by atoms with Gasteiger partial charge in [0, 0.05) is 6.42 Å². The summed E-state index contributed by atoms with van der Waals surface area (Å²) in [5.74, 6) is 1.86. The second-order valence-electron chi connectivity index (χ2n) is 9.78. The molecule has 1 saturated heterocycles. The summed E-state index contributed by atoms with van der Waals surface area (Å²) in [6.07, 6.45) is 10.6. The first-order valence-corrected chi connectivity index (χ1v) is 13.1. The molecule has 4 atom stereocenters. The Labute approximate surface area is 173 Å². The van der Waals surface area contributed by atoms with Gasteiger partial charge in [0.2, 0.25) is 0 Å². The molecule has 1 rings (SSSR count). The molecule has 4 nitrogen and oxygen atoms in total. The molecule has 1 fully saturated rings. The summed E-state index contributed by atoms with van der Waals surface area (Å²) >= 11 is 0. The van der Waals surface area contributed by atoms with E-state index in [9.17, 15) is 5.11 Å². The Morgan fingerprint density at radius 1 is 1.29 bits per heavy atom. The fraction of sp³-hybridized carbons (Fsp3) is 0.739. The third-order valence-corrected chi connectivity index (χ3v) is 10.3. The van der Waals surface area contributed by atoms with Crippen LogP contribution in [0, 0.1) is 12.3 Å². The zero-order valence-electron chi connectivity index (χ0n) is 18.9. The van der Waals surface area contributed by atoms with Crippen molar-refractivity contribution in [3.63, 3.8) is 0 Å². The lowest BCUT2D eigenvalue weighted by Crippen LogP contribution is -2.51. The van der Waals surface area contributed by atoms with Gasteiger partial charge in [0.25, 0.3) is 0 Å². The maximum absolute atomic E-state index is 11.1. The maximum atomic E-state index is 11.1. The summed E-state index contributed by atoms with van der Waals surface area (Å²) in [4.78, 5) is 0. The van der Waals surface area contributed by atoms with E-state index in [1.165, 1.54) is 0 Å². The van der Waals surface area contributed by atoms with E-state index in [1.807, 2.05) is 19.9 Å². The van der Waals surface area contributed by atoms with E-state index < -0.39 is 25.8 Å². The van der Waals surface area contributed by atoms with Crippen LogP contribution < -0.4 is 0 Å². The minimum absolute atomic E-state index is 0.0149. The Morgan fingerprint density at radius 2 is 1.89 bits per heavy atom. The summed E-state index contributed by atoms with van der Waals surface area (Å²) < 4.78 is 18.9. The summed E-state index contributed by atoms with van der Waals surface area (Å²) in [5, 5.41) is 11.1. The minimum atomic E-state index is -2.14. The lowest BCUT2D eigenvalue weighted by Gasteiger charge is -2.42. The van der Waals surface area contributed by atoms with Crippen molar-refractivity contribution in [2.45, 2.75) is 108 Å². The SMILES string of the molecule is C#C[C@@](O)(CCCC=C)C[C@H](O[Si](C)(C)C(C)(C)C)[C@@H]1OC(C)(C)O[C@@H]1C=C. The monoisotopic (exact) mass is 408 g/mol. The van der Waals surface area contributed by atoms with Gasteiger partial charge >= 0.3 is 0 Å². The lowest BCUT2D eigenvalue weighted by atomic mass is 9.88. The molecule has 0 unspecified atom stereocenters. The van der Waals surface area contributed by atoms with Gasteiger partial charge in [-0.2, -0.15) is 0 Å². The van der Waals surface area contributed by atoms with Gasteiger partial charge in [-0.15, -0.1) is 19.6 Å². The Balaban J connectivity index is 3.19. The molecule has 0 aromatic carbocycles. The second-order valence-corrected chi connectivity index (χ2v) is 14.5. The summed E-state index contributed by atoms with van der Waals surface area (Å²) in [6, 6.07) is 0. The van der Waals surface area contributed by atoms with Crippen molar-refractivity contribution in [1.29, 1.82) is 0 Å². The van der Waals surface area contributed by atoms with Crippen LogP contribution >= 0.6 is 0 Å². The van der Waals surface area contributed by atoms with Crippen LogP contribution in [0.3, 0.4) is 0 Å². The van der Waals surface area contributed by atoms with Gasteiger partial charge in [-0.25, -0.2) is 0 Å². The molecule has 0 bridgehead atoms. The van der Waals surface area contributed by atoms with Gasteiger partial charge in [0.1, 0.15) is 17.8 Å². The van der Waals surface area contributed by atoms with Crippen molar-refractivity contribution in [3.8, 4) is 12.3 Å². The number of allylic oxidation sites excluding steroid dienone is 1. The van der Waals surface area contributed by atoms with Crippen LogP contribution in [0.15, 0.2) is 25.3 Å². The molecule has 28 heavy (non-hydrogen) atoms. The number of hydrogen-bond acceptors (Lipinski definition) is 4. The molecular formula is C23H40O4Si. The normalized spacial score (nSPS) is 25.5. The number of aliphatic hydroxyl groups is 1. The van der Waals surface area contributed by atoms with Gasteiger partial charge < -0.3 is 19.0 Å². The van der Waals surface area contributed by atoms with Gasteiger partial charge in [-0.3, -0.25) is 0 Å². The quantitative estimate of drug-likeness (QED) is 0.234. The van der Waals surface area contributed by atoms with Gasteiger partial charge in [0.05, 0.1) is 6.10 Å². The van der Waals surface area contributed by atoms with E-state index in [1.54, 1.807) is 6.08 Å². The van der Waals surface area contributed by atoms with Crippen molar-refractivity contribution in [3.05, 3.63) is 25.3 Å².